The van der Waals surface area contributed by atoms with Gasteiger partial charge >= 0.3 is 5.97 Å². The largest absolute Gasteiger partial charge is 0.462 e. The lowest BCUT2D eigenvalue weighted by molar-refractivity contribution is -0.150. The van der Waals surface area contributed by atoms with Crippen LogP contribution in [0.15, 0.2) is 0 Å². The van der Waals surface area contributed by atoms with E-state index in [9.17, 15) is 9.90 Å². The molecular weight excluding hydrogens is 228 g/mol. The molecule has 1 atom stereocenters. The lowest BCUT2D eigenvalue weighted by Gasteiger charge is -2.16. The Hall–Kier alpha value is -0.570. The van der Waals surface area contributed by atoms with Crippen LogP contribution in [0.5, 0.6) is 0 Å². The number of ether oxygens (including phenoxy) is 1. The van der Waals surface area contributed by atoms with Crippen LogP contribution in [0.1, 0.15) is 78.6 Å². The third kappa shape index (κ3) is 9.46. The lowest BCUT2D eigenvalue weighted by atomic mass is 10.1. The molecule has 3 heteroatoms. The first-order valence-corrected chi connectivity index (χ1v) is 7.51. The van der Waals surface area contributed by atoms with Crippen LogP contribution in [0.4, 0.5) is 0 Å². The van der Waals surface area contributed by atoms with Crippen molar-refractivity contribution in [3.05, 3.63) is 0 Å². The van der Waals surface area contributed by atoms with Crippen LogP contribution >= 0.6 is 0 Å². The van der Waals surface area contributed by atoms with Gasteiger partial charge < -0.3 is 9.84 Å². The molecule has 0 heterocycles. The standard InChI is InChI=1S/C15H30O3/c1-4-8-13(16)11-7-12-15(17)18-14(9-5-2)10-6-3/h13-14,16H,4-12H2,1-3H3. The first-order chi connectivity index (χ1) is 8.63. The van der Waals surface area contributed by atoms with Crippen molar-refractivity contribution >= 4 is 5.97 Å². The summed E-state index contributed by atoms with van der Waals surface area (Å²) in [6.07, 6.45) is 7.52. The topological polar surface area (TPSA) is 46.5 Å². The van der Waals surface area contributed by atoms with Gasteiger partial charge in [0.2, 0.25) is 0 Å². The second kappa shape index (κ2) is 11.5. The highest BCUT2D eigenvalue weighted by atomic mass is 16.5. The number of carbonyl (C=O) groups excluding carboxylic acids is 1. The van der Waals surface area contributed by atoms with Crippen molar-refractivity contribution < 1.29 is 14.6 Å². The average Bonchev–Trinajstić information content (AvgIpc) is 2.30. The van der Waals surface area contributed by atoms with E-state index >= 15 is 0 Å². The van der Waals surface area contributed by atoms with E-state index in [1.807, 2.05) is 0 Å². The maximum absolute atomic E-state index is 11.6. The Morgan fingerprint density at radius 1 is 1.00 bits per heavy atom. The van der Waals surface area contributed by atoms with E-state index < -0.39 is 0 Å². The molecule has 0 radical (unpaired) electrons. The Morgan fingerprint density at radius 2 is 1.56 bits per heavy atom. The Kier molecular flexibility index (Phi) is 11.2. The van der Waals surface area contributed by atoms with Gasteiger partial charge in [0, 0.05) is 6.42 Å². The molecule has 0 fully saturated rings. The van der Waals surface area contributed by atoms with Crippen LogP contribution in [0.2, 0.25) is 0 Å². The molecule has 0 aromatic rings. The van der Waals surface area contributed by atoms with Gasteiger partial charge in [-0.15, -0.1) is 0 Å². The monoisotopic (exact) mass is 258 g/mol. The average molecular weight is 258 g/mol. The van der Waals surface area contributed by atoms with Gasteiger partial charge in [0.25, 0.3) is 0 Å². The van der Waals surface area contributed by atoms with Crippen LogP contribution in [0, 0.1) is 0 Å². The minimum absolute atomic E-state index is 0.0908. The molecule has 18 heavy (non-hydrogen) atoms. The summed E-state index contributed by atoms with van der Waals surface area (Å²) in [6.45, 7) is 6.27. The van der Waals surface area contributed by atoms with Crippen LogP contribution < -0.4 is 0 Å². The summed E-state index contributed by atoms with van der Waals surface area (Å²) in [5, 5.41) is 9.56. The summed E-state index contributed by atoms with van der Waals surface area (Å²) in [5.74, 6) is -0.106. The molecule has 108 valence electrons. The SMILES string of the molecule is CCCC(O)CCCC(=O)OC(CCC)CCC. The maximum Gasteiger partial charge on any atom is 0.306 e. The van der Waals surface area contributed by atoms with Crippen LogP contribution in [0.3, 0.4) is 0 Å². The van der Waals surface area contributed by atoms with Gasteiger partial charge in [-0.05, 0) is 32.1 Å². The quantitative estimate of drug-likeness (QED) is 0.573. The van der Waals surface area contributed by atoms with Gasteiger partial charge in [0.1, 0.15) is 6.10 Å². The first-order valence-electron chi connectivity index (χ1n) is 7.51. The number of hydrogen-bond acceptors (Lipinski definition) is 3. The Bertz CT molecular complexity index is 198. The van der Waals surface area contributed by atoms with E-state index in [2.05, 4.69) is 20.8 Å². The van der Waals surface area contributed by atoms with Gasteiger partial charge in [-0.1, -0.05) is 40.0 Å². The fourth-order valence-electron chi connectivity index (χ4n) is 2.11. The molecule has 0 rings (SSSR count). The molecule has 3 nitrogen and oxygen atoms in total. The van der Waals surface area contributed by atoms with E-state index in [1.165, 1.54) is 0 Å². The molecule has 0 saturated carbocycles. The summed E-state index contributed by atoms with van der Waals surface area (Å²) in [5.41, 5.74) is 0. The van der Waals surface area contributed by atoms with Crippen LogP contribution in [0.25, 0.3) is 0 Å². The molecule has 0 saturated heterocycles. The Morgan fingerprint density at radius 3 is 2.06 bits per heavy atom. The maximum atomic E-state index is 11.6. The van der Waals surface area contributed by atoms with Gasteiger partial charge in [-0.25, -0.2) is 0 Å². The van der Waals surface area contributed by atoms with Crippen molar-refractivity contribution in [3.8, 4) is 0 Å². The lowest BCUT2D eigenvalue weighted by Crippen LogP contribution is -2.18. The smallest absolute Gasteiger partial charge is 0.306 e. The Labute approximate surface area is 112 Å². The highest BCUT2D eigenvalue weighted by Gasteiger charge is 2.13. The van der Waals surface area contributed by atoms with E-state index in [0.717, 1.165) is 44.9 Å². The normalized spacial score (nSPS) is 12.7. The minimum atomic E-state index is -0.259. The summed E-state index contributed by atoms with van der Waals surface area (Å²) in [7, 11) is 0. The number of aliphatic hydroxyl groups excluding tert-OH is 1. The zero-order valence-corrected chi connectivity index (χ0v) is 12.3. The number of hydrogen-bond donors (Lipinski definition) is 1. The summed E-state index contributed by atoms with van der Waals surface area (Å²) >= 11 is 0. The van der Waals surface area contributed by atoms with E-state index in [4.69, 9.17) is 4.74 Å². The van der Waals surface area contributed by atoms with Crippen molar-refractivity contribution in [1.29, 1.82) is 0 Å². The van der Waals surface area contributed by atoms with Crippen molar-refractivity contribution in [2.75, 3.05) is 0 Å². The van der Waals surface area contributed by atoms with Crippen molar-refractivity contribution in [2.24, 2.45) is 0 Å². The predicted octanol–water partition coefficient (Wildman–Crippen LogP) is 3.83. The van der Waals surface area contributed by atoms with Gasteiger partial charge in [-0.3, -0.25) is 4.79 Å². The number of esters is 1. The van der Waals surface area contributed by atoms with E-state index in [0.29, 0.717) is 12.8 Å². The number of carbonyl (C=O) groups is 1. The summed E-state index contributed by atoms with van der Waals surface area (Å²) in [4.78, 5) is 11.6. The molecule has 0 aliphatic carbocycles. The van der Waals surface area contributed by atoms with Crippen molar-refractivity contribution in [3.63, 3.8) is 0 Å². The minimum Gasteiger partial charge on any atom is -0.462 e. The summed E-state index contributed by atoms with van der Waals surface area (Å²) in [6, 6.07) is 0. The molecule has 0 aliphatic rings. The fourth-order valence-corrected chi connectivity index (χ4v) is 2.11. The van der Waals surface area contributed by atoms with Gasteiger partial charge in [0.05, 0.1) is 6.10 Å². The first kappa shape index (κ1) is 17.4. The molecule has 0 amide bonds. The molecule has 0 aromatic carbocycles. The second-order valence-corrected chi connectivity index (χ2v) is 5.02. The summed E-state index contributed by atoms with van der Waals surface area (Å²) < 4.78 is 5.45. The second-order valence-electron chi connectivity index (χ2n) is 5.02. The van der Waals surface area contributed by atoms with Crippen LogP contribution in [-0.2, 0) is 9.53 Å². The van der Waals surface area contributed by atoms with Gasteiger partial charge in [0.15, 0.2) is 0 Å². The fraction of sp³-hybridized carbons (Fsp3) is 0.933. The highest BCUT2D eigenvalue weighted by Crippen LogP contribution is 2.12. The Balaban J connectivity index is 3.73. The molecule has 0 aromatic heterocycles. The molecule has 0 aliphatic heterocycles. The number of aliphatic hydroxyl groups is 1. The zero-order chi connectivity index (χ0) is 13.8. The van der Waals surface area contributed by atoms with Gasteiger partial charge in [-0.2, -0.15) is 0 Å². The van der Waals surface area contributed by atoms with E-state index in [-0.39, 0.29) is 18.2 Å². The van der Waals surface area contributed by atoms with Crippen molar-refractivity contribution in [2.45, 2.75) is 90.8 Å². The highest BCUT2D eigenvalue weighted by molar-refractivity contribution is 5.69. The van der Waals surface area contributed by atoms with Crippen molar-refractivity contribution in [1.82, 2.24) is 0 Å². The molecule has 1 unspecified atom stereocenters. The molecule has 1 N–H and O–H groups in total. The zero-order valence-electron chi connectivity index (χ0n) is 12.3. The third-order valence-corrected chi connectivity index (χ3v) is 3.06. The molecule has 0 spiro atoms. The third-order valence-electron chi connectivity index (χ3n) is 3.06. The van der Waals surface area contributed by atoms with Crippen LogP contribution in [-0.4, -0.2) is 23.3 Å². The number of rotatable bonds is 11. The molecule has 0 bridgehead atoms. The molecular formula is C15H30O3. The van der Waals surface area contributed by atoms with E-state index in [1.54, 1.807) is 0 Å². The predicted molar refractivity (Wildman–Crippen MR) is 74.5 cm³/mol.